The van der Waals surface area contributed by atoms with E-state index in [0.717, 1.165) is 38.7 Å². The maximum Gasteiger partial charge on any atom is 0.416 e. The van der Waals surface area contributed by atoms with Gasteiger partial charge in [0, 0.05) is 44.9 Å². The summed E-state index contributed by atoms with van der Waals surface area (Å²) in [4.78, 5) is 4.74. The summed E-state index contributed by atoms with van der Waals surface area (Å²) in [6.45, 7) is 8.35. The Labute approximate surface area is 200 Å². The number of hydrogen-bond donors (Lipinski definition) is 2. The van der Waals surface area contributed by atoms with Crippen LogP contribution >= 0.6 is 24.0 Å². The second kappa shape index (κ2) is 14.2. The van der Waals surface area contributed by atoms with E-state index in [1.165, 1.54) is 12.1 Å². The molecule has 5 nitrogen and oxygen atoms in total. The van der Waals surface area contributed by atoms with Crippen LogP contribution in [0.3, 0.4) is 0 Å². The molecule has 0 saturated carbocycles. The Hall–Kier alpha value is -1.07. The summed E-state index contributed by atoms with van der Waals surface area (Å²) in [5, 5.41) is 6.54. The first-order chi connectivity index (χ1) is 14.4. The lowest BCUT2D eigenvalue weighted by Gasteiger charge is -2.37. The average molecular weight is 557 g/mol. The summed E-state index contributed by atoms with van der Waals surface area (Å²) in [7, 11) is 0. The van der Waals surface area contributed by atoms with Gasteiger partial charge in [-0.3, -0.25) is 4.99 Å². The van der Waals surface area contributed by atoms with E-state index in [-0.39, 0.29) is 24.0 Å². The molecule has 1 saturated heterocycles. The molecule has 9 heteroatoms. The Bertz CT molecular complexity index is 666. The maximum atomic E-state index is 13.2. The van der Waals surface area contributed by atoms with E-state index in [1.807, 2.05) is 13.8 Å². The number of aliphatic imine (C=N–C) groups is 1. The highest BCUT2D eigenvalue weighted by atomic mass is 127. The average Bonchev–Trinajstić information content (AvgIpc) is 2.74. The molecule has 0 unspecified atom stereocenters. The van der Waals surface area contributed by atoms with E-state index in [9.17, 15) is 13.2 Å². The molecular weight excluding hydrogens is 522 g/mol. The van der Waals surface area contributed by atoms with Crippen LogP contribution in [0.4, 0.5) is 13.2 Å². The van der Waals surface area contributed by atoms with Gasteiger partial charge in [0.1, 0.15) is 0 Å². The third-order valence-electron chi connectivity index (χ3n) is 5.35. The molecule has 1 aliphatic rings. The van der Waals surface area contributed by atoms with E-state index in [1.54, 1.807) is 6.07 Å². The van der Waals surface area contributed by atoms with Crippen LogP contribution in [0.2, 0.25) is 0 Å². The van der Waals surface area contributed by atoms with E-state index in [2.05, 4.69) is 10.6 Å². The largest absolute Gasteiger partial charge is 0.416 e. The third kappa shape index (κ3) is 9.13. The van der Waals surface area contributed by atoms with Gasteiger partial charge in [0.2, 0.25) is 0 Å². The number of ether oxygens (including phenoxy) is 2. The van der Waals surface area contributed by atoms with Gasteiger partial charge in [0.25, 0.3) is 0 Å². The molecule has 1 aliphatic heterocycles. The molecule has 0 aromatic heterocycles. The lowest BCUT2D eigenvalue weighted by atomic mass is 9.74. The summed E-state index contributed by atoms with van der Waals surface area (Å²) in [6.07, 6.45) is -1.15. The second-order valence-electron chi connectivity index (χ2n) is 7.50. The number of hydrogen-bond acceptors (Lipinski definition) is 3. The second-order valence-corrected chi connectivity index (χ2v) is 7.50. The zero-order valence-electron chi connectivity index (χ0n) is 18.4. The highest BCUT2D eigenvalue weighted by Gasteiger charge is 2.37. The van der Waals surface area contributed by atoms with Crippen molar-refractivity contribution in [3.8, 4) is 0 Å². The van der Waals surface area contributed by atoms with E-state index >= 15 is 0 Å². The van der Waals surface area contributed by atoms with Crippen LogP contribution in [0.1, 0.15) is 50.7 Å². The van der Waals surface area contributed by atoms with Crippen LogP contribution in [0.25, 0.3) is 0 Å². The molecule has 2 rings (SSSR count). The van der Waals surface area contributed by atoms with Crippen LogP contribution in [0, 0.1) is 0 Å². The number of guanidine groups is 1. The first-order valence-corrected chi connectivity index (χ1v) is 10.8. The summed E-state index contributed by atoms with van der Waals surface area (Å²) < 4.78 is 50.6. The lowest BCUT2D eigenvalue weighted by molar-refractivity contribution is -0.137. The molecule has 0 spiro atoms. The van der Waals surface area contributed by atoms with Crippen molar-refractivity contribution in [1.82, 2.24) is 10.6 Å². The third-order valence-corrected chi connectivity index (χ3v) is 5.35. The number of halogens is 4. The van der Waals surface area contributed by atoms with Crippen molar-refractivity contribution < 1.29 is 22.6 Å². The normalized spacial score (nSPS) is 16.5. The van der Waals surface area contributed by atoms with Gasteiger partial charge in [-0.2, -0.15) is 13.2 Å². The van der Waals surface area contributed by atoms with Gasteiger partial charge in [-0.1, -0.05) is 18.2 Å². The molecule has 31 heavy (non-hydrogen) atoms. The van der Waals surface area contributed by atoms with Crippen molar-refractivity contribution in [3.05, 3.63) is 35.4 Å². The Morgan fingerprint density at radius 3 is 2.55 bits per heavy atom. The minimum absolute atomic E-state index is 0. The molecule has 1 fully saturated rings. The van der Waals surface area contributed by atoms with Crippen LogP contribution < -0.4 is 10.6 Å². The molecule has 1 aromatic rings. The summed E-state index contributed by atoms with van der Waals surface area (Å²) in [6, 6.07) is 5.66. The van der Waals surface area contributed by atoms with Crippen LogP contribution in [-0.4, -0.2) is 52.0 Å². The van der Waals surface area contributed by atoms with Crippen molar-refractivity contribution in [3.63, 3.8) is 0 Å². The maximum absolute atomic E-state index is 13.2. The fraction of sp³-hybridized carbons (Fsp3) is 0.682. The number of rotatable bonds is 10. The van der Waals surface area contributed by atoms with Crippen LogP contribution in [0.5, 0.6) is 0 Å². The smallest absolute Gasteiger partial charge is 0.382 e. The highest BCUT2D eigenvalue weighted by molar-refractivity contribution is 14.0. The Morgan fingerprint density at radius 2 is 1.90 bits per heavy atom. The predicted molar refractivity (Wildman–Crippen MR) is 128 cm³/mol. The fourth-order valence-corrected chi connectivity index (χ4v) is 3.58. The molecule has 0 radical (unpaired) electrons. The van der Waals surface area contributed by atoms with Gasteiger partial charge in [0.05, 0.1) is 12.1 Å². The number of nitrogens with zero attached hydrogens (tertiary/aromatic N) is 1. The molecule has 2 N–H and O–H groups in total. The Balaban J connectivity index is 0.00000480. The molecule has 1 heterocycles. The Morgan fingerprint density at radius 1 is 1.16 bits per heavy atom. The van der Waals surface area contributed by atoms with Gasteiger partial charge >= 0.3 is 6.18 Å². The summed E-state index contributed by atoms with van der Waals surface area (Å²) in [5.41, 5.74) is -0.400. The van der Waals surface area contributed by atoms with Gasteiger partial charge in [-0.15, -0.1) is 24.0 Å². The molecule has 0 amide bonds. The number of benzene rings is 1. The first kappa shape index (κ1) is 28.0. The van der Waals surface area contributed by atoms with Crippen molar-refractivity contribution in [2.45, 2.75) is 51.1 Å². The molecule has 0 atom stereocenters. The first-order valence-electron chi connectivity index (χ1n) is 10.8. The van der Waals surface area contributed by atoms with E-state index in [4.69, 9.17) is 14.5 Å². The molecular formula is C22H35F3IN3O2. The van der Waals surface area contributed by atoms with Crippen LogP contribution in [-0.2, 0) is 21.1 Å². The predicted octanol–water partition coefficient (Wildman–Crippen LogP) is 4.74. The van der Waals surface area contributed by atoms with E-state index < -0.39 is 17.2 Å². The van der Waals surface area contributed by atoms with Crippen LogP contribution in [0.15, 0.2) is 29.3 Å². The van der Waals surface area contributed by atoms with Gasteiger partial charge < -0.3 is 20.1 Å². The zero-order chi connectivity index (χ0) is 21.9. The Kier molecular flexibility index (Phi) is 12.8. The molecule has 178 valence electrons. The van der Waals surface area contributed by atoms with Gasteiger partial charge in [-0.05, 0) is 51.2 Å². The van der Waals surface area contributed by atoms with Gasteiger partial charge in [-0.25, -0.2) is 0 Å². The van der Waals surface area contributed by atoms with E-state index in [0.29, 0.717) is 50.7 Å². The molecule has 0 bridgehead atoms. The minimum Gasteiger partial charge on any atom is -0.382 e. The van der Waals surface area contributed by atoms with Crippen molar-refractivity contribution in [2.75, 3.05) is 46.1 Å². The lowest BCUT2D eigenvalue weighted by Crippen LogP contribution is -2.41. The number of unbranched alkanes of at least 4 members (excludes halogenated alkanes) is 1. The topological polar surface area (TPSA) is 54.9 Å². The molecule has 0 aliphatic carbocycles. The summed E-state index contributed by atoms with van der Waals surface area (Å²) >= 11 is 0. The highest BCUT2D eigenvalue weighted by Crippen LogP contribution is 2.38. The van der Waals surface area contributed by atoms with Gasteiger partial charge in [0.15, 0.2) is 5.96 Å². The fourth-order valence-electron chi connectivity index (χ4n) is 3.58. The van der Waals surface area contributed by atoms with Crippen molar-refractivity contribution >= 4 is 29.9 Å². The summed E-state index contributed by atoms with van der Waals surface area (Å²) in [5.74, 6) is 0.687. The standard InChI is InChI=1S/C22H34F3N3O2.HI/c1-3-26-20(27-12-5-6-13-29-4-2)28-17-21(10-14-30-15-11-21)18-8-7-9-19(16-18)22(23,24)25;/h7-9,16H,3-6,10-15,17H2,1-2H3,(H2,26,27,28);1H. The van der Waals surface area contributed by atoms with Crippen molar-refractivity contribution in [1.29, 1.82) is 0 Å². The quantitative estimate of drug-likeness (QED) is 0.189. The van der Waals surface area contributed by atoms with Crippen molar-refractivity contribution in [2.24, 2.45) is 4.99 Å². The monoisotopic (exact) mass is 557 g/mol. The SMILES string of the molecule is CCNC(=NCC1(c2cccc(C(F)(F)F)c2)CCOCC1)NCCCCOCC.I. The molecule has 1 aromatic carbocycles. The number of nitrogens with one attached hydrogen (secondary N) is 2. The number of alkyl halides is 3. The minimum atomic E-state index is -4.36. The zero-order valence-corrected chi connectivity index (χ0v) is 20.7.